The fourth-order valence-electron chi connectivity index (χ4n) is 3.63. The van der Waals surface area contributed by atoms with E-state index in [9.17, 15) is 0 Å². The summed E-state index contributed by atoms with van der Waals surface area (Å²) in [6, 6.07) is 0.611. The summed E-state index contributed by atoms with van der Waals surface area (Å²) in [7, 11) is 0. The Bertz CT molecular complexity index is 673. The van der Waals surface area contributed by atoms with Crippen LogP contribution in [0.5, 0.6) is 0 Å². The zero-order valence-corrected chi connectivity index (χ0v) is 13.5. The maximum atomic E-state index is 6.13. The molecule has 1 aliphatic rings. The average Bonchev–Trinajstić information content (AvgIpc) is 2.97. The van der Waals surface area contributed by atoms with Crippen LogP contribution in [-0.4, -0.2) is 38.6 Å². The molecule has 0 saturated carbocycles. The van der Waals surface area contributed by atoms with Gasteiger partial charge in [-0.15, -0.1) is 0 Å². The largest absolute Gasteiger partial charge is 0.383 e. The van der Waals surface area contributed by atoms with Crippen LogP contribution in [0.4, 0.5) is 5.82 Å². The van der Waals surface area contributed by atoms with Gasteiger partial charge in [-0.25, -0.2) is 9.97 Å². The number of aryl methyl sites for hydroxylation is 2. The maximum Gasteiger partial charge on any atom is 0.146 e. The maximum absolute atomic E-state index is 6.13. The first-order chi connectivity index (χ1) is 10.0. The summed E-state index contributed by atoms with van der Waals surface area (Å²) < 4.78 is 2.34. The van der Waals surface area contributed by atoms with Crippen LogP contribution in [0.2, 0.25) is 0 Å². The predicted octanol–water partition coefficient (Wildman–Crippen LogP) is 2.42. The molecule has 2 N–H and O–H groups in total. The summed E-state index contributed by atoms with van der Waals surface area (Å²) >= 11 is 0. The lowest BCUT2D eigenvalue weighted by atomic mass is 10.2. The Hall–Kier alpha value is -1.62. The van der Waals surface area contributed by atoms with Gasteiger partial charge in [-0.05, 0) is 52.3 Å². The highest BCUT2D eigenvalue weighted by molar-refractivity contribution is 5.91. The second-order valence-electron chi connectivity index (χ2n) is 6.10. The van der Waals surface area contributed by atoms with E-state index >= 15 is 0 Å². The second kappa shape index (κ2) is 5.30. The number of rotatable bonds is 3. The van der Waals surface area contributed by atoms with Crippen LogP contribution >= 0.6 is 0 Å². The molecule has 2 aromatic rings. The Morgan fingerprint density at radius 1 is 1.24 bits per heavy atom. The summed E-state index contributed by atoms with van der Waals surface area (Å²) in [4.78, 5) is 11.6. The molecular formula is C16H25N5. The molecule has 1 saturated heterocycles. The van der Waals surface area contributed by atoms with Gasteiger partial charge in [-0.1, -0.05) is 6.92 Å². The zero-order valence-electron chi connectivity index (χ0n) is 13.5. The molecule has 3 heterocycles. The van der Waals surface area contributed by atoms with E-state index in [1.807, 2.05) is 6.92 Å². The van der Waals surface area contributed by atoms with Crippen molar-refractivity contribution >= 4 is 16.9 Å². The predicted molar refractivity (Wildman–Crippen MR) is 86.4 cm³/mol. The van der Waals surface area contributed by atoms with E-state index in [1.54, 1.807) is 0 Å². The molecule has 1 unspecified atom stereocenters. The Labute approximate surface area is 126 Å². The van der Waals surface area contributed by atoms with Crippen LogP contribution in [-0.2, 0) is 6.54 Å². The average molecular weight is 287 g/mol. The van der Waals surface area contributed by atoms with E-state index in [2.05, 4.69) is 40.2 Å². The van der Waals surface area contributed by atoms with Crippen molar-refractivity contribution in [1.82, 2.24) is 19.4 Å². The van der Waals surface area contributed by atoms with Gasteiger partial charge in [0.1, 0.15) is 17.3 Å². The Kier molecular flexibility index (Phi) is 3.61. The fraction of sp³-hybridized carbons (Fsp3) is 0.625. The van der Waals surface area contributed by atoms with Gasteiger partial charge in [-0.2, -0.15) is 0 Å². The third-order valence-electron chi connectivity index (χ3n) is 4.91. The molecule has 1 atom stereocenters. The van der Waals surface area contributed by atoms with Crippen LogP contribution < -0.4 is 5.73 Å². The molecular weight excluding hydrogens is 262 g/mol. The molecule has 1 fully saturated rings. The number of nitrogens with two attached hydrogens (primary N) is 1. The molecule has 21 heavy (non-hydrogen) atoms. The van der Waals surface area contributed by atoms with E-state index in [4.69, 9.17) is 5.73 Å². The van der Waals surface area contributed by atoms with Crippen molar-refractivity contribution in [2.45, 2.75) is 53.1 Å². The van der Waals surface area contributed by atoms with Gasteiger partial charge in [0.05, 0.1) is 5.39 Å². The normalized spacial score (nSPS) is 19.7. The van der Waals surface area contributed by atoms with E-state index < -0.39 is 0 Å². The van der Waals surface area contributed by atoms with Gasteiger partial charge in [0.15, 0.2) is 0 Å². The molecule has 0 bridgehead atoms. The van der Waals surface area contributed by atoms with Gasteiger partial charge < -0.3 is 10.3 Å². The number of hydrogen-bond acceptors (Lipinski definition) is 4. The molecule has 1 aliphatic heterocycles. The van der Waals surface area contributed by atoms with Gasteiger partial charge in [0.25, 0.3) is 0 Å². The quantitative estimate of drug-likeness (QED) is 0.942. The molecule has 0 aromatic carbocycles. The highest BCUT2D eigenvalue weighted by Crippen LogP contribution is 2.29. The Balaban J connectivity index is 2.08. The monoisotopic (exact) mass is 287 g/mol. The van der Waals surface area contributed by atoms with Crippen molar-refractivity contribution in [2.75, 3.05) is 18.8 Å². The highest BCUT2D eigenvalue weighted by Gasteiger charge is 2.25. The fourth-order valence-corrected chi connectivity index (χ4v) is 3.63. The van der Waals surface area contributed by atoms with Crippen LogP contribution in [0.1, 0.15) is 36.8 Å². The smallest absolute Gasteiger partial charge is 0.146 e. The first-order valence-corrected chi connectivity index (χ1v) is 7.86. The lowest BCUT2D eigenvalue weighted by Gasteiger charge is -2.24. The lowest BCUT2D eigenvalue weighted by molar-refractivity contribution is 0.245. The summed E-state index contributed by atoms with van der Waals surface area (Å²) in [6.45, 7) is 11.8. The van der Waals surface area contributed by atoms with Gasteiger partial charge in [-0.3, -0.25) is 4.90 Å². The molecule has 0 radical (unpaired) electrons. The van der Waals surface area contributed by atoms with E-state index in [0.29, 0.717) is 11.9 Å². The molecule has 0 spiro atoms. The number of likely N-dealkylation sites (N-methyl/N-ethyl adjacent to an activating group) is 1. The molecule has 114 valence electrons. The van der Waals surface area contributed by atoms with E-state index in [1.165, 1.54) is 30.6 Å². The first-order valence-electron chi connectivity index (χ1n) is 7.86. The number of hydrogen-bond donors (Lipinski definition) is 1. The van der Waals surface area contributed by atoms with Crippen LogP contribution in [0.15, 0.2) is 0 Å². The number of aromatic nitrogens is 3. The first kappa shape index (κ1) is 14.3. The SMILES string of the molecule is CCN1CCCC1Cn1c(C)c(C)c2c(N)nc(C)nc21. The van der Waals surface area contributed by atoms with Crippen molar-refractivity contribution in [3.8, 4) is 0 Å². The van der Waals surface area contributed by atoms with E-state index in [0.717, 1.165) is 29.9 Å². The third kappa shape index (κ3) is 2.29. The molecule has 5 heteroatoms. The number of fused-ring (bicyclic) bond motifs is 1. The minimum atomic E-state index is 0.607. The van der Waals surface area contributed by atoms with E-state index in [-0.39, 0.29) is 0 Å². The number of nitrogen functional groups attached to an aromatic ring is 1. The minimum absolute atomic E-state index is 0.607. The molecule has 3 rings (SSSR count). The zero-order chi connectivity index (χ0) is 15.1. The van der Waals surface area contributed by atoms with Gasteiger partial charge in [0.2, 0.25) is 0 Å². The molecule has 2 aromatic heterocycles. The van der Waals surface area contributed by atoms with Crippen molar-refractivity contribution in [3.63, 3.8) is 0 Å². The van der Waals surface area contributed by atoms with Crippen molar-refractivity contribution in [3.05, 3.63) is 17.1 Å². The topological polar surface area (TPSA) is 60.0 Å². The minimum Gasteiger partial charge on any atom is -0.383 e. The number of anilines is 1. The Morgan fingerprint density at radius 3 is 2.71 bits per heavy atom. The standard InChI is InChI=1S/C16H25N5/c1-5-20-8-6-7-13(20)9-21-11(3)10(2)14-15(17)18-12(4)19-16(14)21/h13H,5-9H2,1-4H3,(H2,17,18,19). The Morgan fingerprint density at radius 2 is 2.00 bits per heavy atom. The number of nitrogens with zero attached hydrogens (tertiary/aromatic N) is 4. The van der Waals surface area contributed by atoms with Crippen LogP contribution in [0.3, 0.4) is 0 Å². The third-order valence-corrected chi connectivity index (χ3v) is 4.91. The summed E-state index contributed by atoms with van der Waals surface area (Å²) in [5, 5.41) is 1.03. The summed E-state index contributed by atoms with van der Waals surface area (Å²) in [5.41, 5.74) is 9.60. The molecule has 0 aliphatic carbocycles. The van der Waals surface area contributed by atoms with Crippen molar-refractivity contribution in [1.29, 1.82) is 0 Å². The van der Waals surface area contributed by atoms with Crippen molar-refractivity contribution < 1.29 is 0 Å². The summed E-state index contributed by atoms with van der Waals surface area (Å²) in [5.74, 6) is 1.35. The van der Waals surface area contributed by atoms with Gasteiger partial charge >= 0.3 is 0 Å². The molecule has 0 amide bonds. The van der Waals surface area contributed by atoms with Crippen LogP contribution in [0.25, 0.3) is 11.0 Å². The summed E-state index contributed by atoms with van der Waals surface area (Å²) in [6.07, 6.45) is 2.57. The second-order valence-corrected chi connectivity index (χ2v) is 6.10. The number of likely N-dealkylation sites (tertiary alicyclic amines) is 1. The van der Waals surface area contributed by atoms with Crippen molar-refractivity contribution in [2.24, 2.45) is 0 Å². The van der Waals surface area contributed by atoms with Gasteiger partial charge in [0, 0.05) is 18.3 Å². The highest BCUT2D eigenvalue weighted by atomic mass is 15.2. The molecule has 5 nitrogen and oxygen atoms in total. The van der Waals surface area contributed by atoms with Crippen LogP contribution in [0, 0.1) is 20.8 Å². The lowest BCUT2D eigenvalue weighted by Crippen LogP contribution is -2.33.